The molecule has 0 saturated carbocycles. The van der Waals surface area contributed by atoms with E-state index in [9.17, 15) is 0 Å². The van der Waals surface area contributed by atoms with Gasteiger partial charge in [-0.25, -0.2) is 19.9 Å². The van der Waals surface area contributed by atoms with Gasteiger partial charge in [-0.15, -0.1) is 0 Å². The predicted molar refractivity (Wildman–Crippen MR) is 165 cm³/mol. The van der Waals surface area contributed by atoms with Crippen LogP contribution in [0.2, 0.25) is 0 Å². The van der Waals surface area contributed by atoms with Crippen LogP contribution in [0.1, 0.15) is 0 Å². The minimum Gasteiger partial charge on any atom is -0.456 e. The van der Waals surface area contributed by atoms with Gasteiger partial charge in [-0.3, -0.25) is 0 Å². The van der Waals surface area contributed by atoms with Crippen molar-refractivity contribution in [3.8, 4) is 45.3 Å². The zero-order valence-electron chi connectivity index (χ0n) is 22.0. The van der Waals surface area contributed by atoms with Crippen LogP contribution < -0.4 is 0 Å². The van der Waals surface area contributed by atoms with Gasteiger partial charge < -0.3 is 8.83 Å². The second-order valence-electron chi connectivity index (χ2n) is 10.6. The van der Waals surface area contributed by atoms with Crippen molar-refractivity contribution in [2.24, 2.45) is 0 Å². The molecule has 0 unspecified atom stereocenters. The Balaban J connectivity index is 1.27. The van der Waals surface area contributed by atoms with Crippen LogP contribution in [-0.4, -0.2) is 19.9 Å². The Bertz CT molecular complexity index is 2600. The summed E-state index contributed by atoms with van der Waals surface area (Å²) >= 11 is 0. The molecule has 4 heterocycles. The predicted octanol–water partition coefficient (Wildman–Crippen LogP) is 9.20. The maximum Gasteiger partial charge on any atom is 0.168 e. The van der Waals surface area contributed by atoms with E-state index in [1.165, 1.54) is 0 Å². The molecule has 0 amide bonds. The summed E-state index contributed by atoms with van der Waals surface area (Å²) in [5.74, 6) is 1.22. The van der Waals surface area contributed by atoms with Gasteiger partial charge in [-0.1, -0.05) is 72.8 Å². The maximum atomic E-state index is 6.17. The van der Waals surface area contributed by atoms with E-state index in [0.717, 1.165) is 82.9 Å². The monoisotopic (exact) mass is 538 g/mol. The fourth-order valence-electron chi connectivity index (χ4n) is 6.40. The minimum atomic E-state index is 0.609. The zero-order valence-corrected chi connectivity index (χ0v) is 22.0. The molecule has 0 bridgehead atoms. The van der Waals surface area contributed by atoms with Crippen molar-refractivity contribution in [2.75, 3.05) is 0 Å². The molecule has 0 aliphatic heterocycles. The van der Waals surface area contributed by atoms with Gasteiger partial charge in [0.1, 0.15) is 22.3 Å². The summed E-state index contributed by atoms with van der Waals surface area (Å²) in [4.78, 5) is 20.4. The fraction of sp³-hybridized carbons (Fsp3) is 0. The third kappa shape index (κ3) is 2.87. The Kier molecular flexibility index (Phi) is 4.10. The largest absolute Gasteiger partial charge is 0.456 e. The molecule has 0 radical (unpaired) electrons. The van der Waals surface area contributed by atoms with Crippen molar-refractivity contribution in [1.29, 1.82) is 0 Å². The molecule has 0 N–H and O–H groups in total. The van der Waals surface area contributed by atoms with Gasteiger partial charge in [0.25, 0.3) is 0 Å². The number of benzene rings is 5. The first-order chi connectivity index (χ1) is 20.8. The number of para-hydroxylation sites is 2. The van der Waals surface area contributed by atoms with Crippen molar-refractivity contribution in [3.05, 3.63) is 109 Å². The smallest absolute Gasteiger partial charge is 0.168 e. The molecular formula is C36H18N4O2. The second-order valence-corrected chi connectivity index (χ2v) is 10.6. The third-order valence-electron chi connectivity index (χ3n) is 8.27. The number of hydrogen-bond donors (Lipinski definition) is 0. The topological polar surface area (TPSA) is 77.8 Å². The van der Waals surface area contributed by atoms with Gasteiger partial charge in [0, 0.05) is 43.8 Å². The van der Waals surface area contributed by atoms with Gasteiger partial charge in [0.15, 0.2) is 17.3 Å². The normalized spacial score (nSPS) is 12.3. The summed E-state index contributed by atoms with van der Waals surface area (Å²) in [6.07, 6.45) is 0. The maximum absolute atomic E-state index is 6.17. The summed E-state index contributed by atoms with van der Waals surface area (Å²) in [5, 5.41) is 5.01. The first kappa shape index (κ1) is 21.9. The lowest BCUT2D eigenvalue weighted by Crippen LogP contribution is -1.98. The van der Waals surface area contributed by atoms with Gasteiger partial charge in [-0.05, 0) is 36.4 Å². The highest BCUT2D eigenvalue weighted by molar-refractivity contribution is 6.14. The molecule has 10 rings (SSSR count). The van der Waals surface area contributed by atoms with E-state index in [2.05, 4.69) is 36.4 Å². The first-order valence-electron chi connectivity index (χ1n) is 13.8. The van der Waals surface area contributed by atoms with Crippen LogP contribution in [0.5, 0.6) is 0 Å². The lowest BCUT2D eigenvalue weighted by atomic mass is 10.1. The lowest BCUT2D eigenvalue weighted by Gasteiger charge is -2.08. The second kappa shape index (κ2) is 7.86. The van der Waals surface area contributed by atoms with Crippen LogP contribution in [0.3, 0.4) is 0 Å². The molecular weight excluding hydrogens is 520 g/mol. The lowest BCUT2D eigenvalue weighted by molar-refractivity contribution is 0.668. The Morgan fingerprint density at radius 1 is 0.405 bits per heavy atom. The van der Waals surface area contributed by atoms with Crippen LogP contribution in [0.25, 0.3) is 100 Å². The number of furan rings is 2. The number of aromatic nitrogens is 4. The van der Waals surface area contributed by atoms with Crippen molar-refractivity contribution in [3.63, 3.8) is 0 Å². The van der Waals surface area contributed by atoms with Gasteiger partial charge in [0.2, 0.25) is 0 Å². The summed E-state index contributed by atoms with van der Waals surface area (Å²) in [5.41, 5.74) is 9.56. The minimum absolute atomic E-state index is 0.609. The van der Waals surface area contributed by atoms with Gasteiger partial charge in [-0.2, -0.15) is 0 Å². The fourth-order valence-corrected chi connectivity index (χ4v) is 6.40. The van der Waals surface area contributed by atoms with Crippen LogP contribution in [-0.2, 0) is 0 Å². The molecule has 1 aliphatic rings. The number of rotatable bonds is 2. The molecule has 0 spiro atoms. The first-order valence-corrected chi connectivity index (χ1v) is 13.8. The Hall–Kier alpha value is -5.88. The number of nitrogens with zero attached hydrogens (tertiary/aromatic N) is 4. The van der Waals surface area contributed by atoms with Crippen LogP contribution >= 0.6 is 0 Å². The highest BCUT2D eigenvalue weighted by Gasteiger charge is 2.28. The third-order valence-corrected chi connectivity index (χ3v) is 8.27. The average molecular weight is 539 g/mol. The van der Waals surface area contributed by atoms with Crippen molar-refractivity contribution >= 4 is 54.9 Å². The molecule has 0 saturated heterocycles. The zero-order chi connectivity index (χ0) is 27.4. The van der Waals surface area contributed by atoms with E-state index in [1.807, 2.05) is 72.8 Å². The van der Waals surface area contributed by atoms with Crippen LogP contribution in [0.15, 0.2) is 118 Å². The van der Waals surface area contributed by atoms with E-state index >= 15 is 0 Å². The van der Waals surface area contributed by atoms with Crippen LogP contribution in [0.4, 0.5) is 0 Å². The summed E-state index contributed by atoms with van der Waals surface area (Å²) in [6, 6.07) is 36.6. The van der Waals surface area contributed by atoms with Gasteiger partial charge in [0.05, 0.1) is 16.8 Å². The number of hydrogen-bond acceptors (Lipinski definition) is 6. The molecule has 1 aliphatic carbocycles. The van der Waals surface area contributed by atoms with E-state index in [1.54, 1.807) is 0 Å². The van der Waals surface area contributed by atoms with E-state index < -0.39 is 0 Å². The molecule has 5 aromatic carbocycles. The Morgan fingerprint density at radius 3 is 1.83 bits per heavy atom. The summed E-state index contributed by atoms with van der Waals surface area (Å²) in [6.45, 7) is 0. The van der Waals surface area contributed by atoms with Gasteiger partial charge >= 0.3 is 0 Å². The van der Waals surface area contributed by atoms with Crippen molar-refractivity contribution < 1.29 is 8.83 Å². The average Bonchev–Trinajstić information content (AvgIpc) is 3.71. The standard InChI is InChI=1S/C36H18N4O2/c1-2-10-22-21(9-1)32-31-33(22)38-35(24-12-7-15-29-30(24)23-11-4-6-14-27(23)42-29)40-36(31)39-34(37-32)19-16-17-28-25(18-19)20-8-3-5-13-26(20)41-28/h1-18H. The summed E-state index contributed by atoms with van der Waals surface area (Å²) in [7, 11) is 0. The molecule has 6 nitrogen and oxygen atoms in total. The Morgan fingerprint density at radius 2 is 1.00 bits per heavy atom. The molecule has 194 valence electrons. The highest BCUT2D eigenvalue weighted by atomic mass is 16.3. The highest BCUT2D eigenvalue weighted by Crippen LogP contribution is 2.46. The molecule has 0 atom stereocenters. The van der Waals surface area contributed by atoms with E-state index in [-0.39, 0.29) is 0 Å². The van der Waals surface area contributed by atoms with E-state index in [4.69, 9.17) is 28.8 Å². The quantitative estimate of drug-likeness (QED) is 0.218. The van der Waals surface area contributed by atoms with E-state index in [0.29, 0.717) is 17.3 Å². The molecule has 42 heavy (non-hydrogen) atoms. The molecule has 0 fully saturated rings. The van der Waals surface area contributed by atoms with Crippen molar-refractivity contribution in [2.45, 2.75) is 0 Å². The summed E-state index contributed by atoms with van der Waals surface area (Å²) < 4.78 is 12.2. The van der Waals surface area contributed by atoms with Crippen molar-refractivity contribution in [1.82, 2.24) is 19.9 Å². The number of fused-ring (bicyclic) bond motifs is 9. The molecule has 4 aromatic heterocycles. The molecule has 9 aromatic rings. The Labute approximate surface area is 237 Å². The van der Waals surface area contributed by atoms with Crippen LogP contribution in [0, 0.1) is 0 Å². The SMILES string of the molecule is c1ccc2c(c1)-c1nc(-c3ccc4oc5ccccc5c4c3)nc3nc(-c4cccc5oc6ccccc6c45)nc-2c13. The molecule has 6 heteroatoms.